The van der Waals surface area contributed by atoms with Crippen molar-refractivity contribution >= 4 is 0 Å². The van der Waals surface area contributed by atoms with Crippen LogP contribution in [0, 0.1) is 0 Å². The Morgan fingerprint density at radius 2 is 1.27 bits per heavy atom. The molecule has 66 valence electrons. The Morgan fingerprint density at radius 1 is 1.09 bits per heavy atom. The Kier molecular flexibility index (Phi) is 7.26. The van der Waals surface area contributed by atoms with Gasteiger partial charge in [-0.25, -0.2) is 0 Å². The van der Waals surface area contributed by atoms with E-state index in [2.05, 4.69) is 6.58 Å². The van der Waals surface area contributed by atoms with Crippen molar-refractivity contribution in [2.75, 3.05) is 0 Å². The van der Waals surface area contributed by atoms with Crippen LogP contribution in [0.3, 0.4) is 0 Å². The van der Waals surface area contributed by atoms with Gasteiger partial charge in [0.25, 0.3) is 0 Å². The van der Waals surface area contributed by atoms with Gasteiger partial charge in [-0.1, -0.05) is 45.1 Å². The monoisotopic (exact) mass is 157 g/mol. The third kappa shape index (κ3) is 9.50. The number of allylic oxidation sites excluding steroid dienone is 1. The Labute approximate surface area is 69.3 Å². The molecule has 0 atom stereocenters. The summed E-state index contributed by atoms with van der Waals surface area (Å²) >= 11 is 0. The van der Waals surface area contributed by atoms with Gasteiger partial charge in [0.2, 0.25) is 0 Å². The lowest BCUT2D eigenvalue weighted by Crippen LogP contribution is -1.99. The topological polar surface area (TPSA) is 32.3 Å². The van der Waals surface area contributed by atoms with Crippen LogP contribution in [0.1, 0.15) is 45.4 Å². The van der Waals surface area contributed by atoms with E-state index in [1.54, 1.807) is 6.92 Å². The van der Waals surface area contributed by atoms with Gasteiger partial charge < -0.3 is 0 Å². The fourth-order valence-corrected chi connectivity index (χ4v) is 1.06. The van der Waals surface area contributed by atoms with E-state index in [1.807, 2.05) is 5.48 Å². The number of hydrogen-bond donors (Lipinski definition) is 2. The van der Waals surface area contributed by atoms with Crippen LogP contribution >= 0.6 is 0 Å². The highest BCUT2D eigenvalue weighted by molar-refractivity contribution is 4.78. The molecule has 2 nitrogen and oxygen atoms in total. The highest BCUT2D eigenvalue weighted by Gasteiger charge is 1.95. The first-order valence-electron chi connectivity index (χ1n) is 4.33. The van der Waals surface area contributed by atoms with E-state index in [1.165, 1.54) is 38.5 Å². The molecule has 0 saturated heterocycles. The van der Waals surface area contributed by atoms with Gasteiger partial charge in [0, 0.05) is 5.70 Å². The number of hydroxylamine groups is 1. The van der Waals surface area contributed by atoms with Crippen molar-refractivity contribution in [3.05, 3.63) is 12.3 Å². The minimum atomic E-state index is 0.560. The summed E-state index contributed by atoms with van der Waals surface area (Å²) in [6.45, 7) is 4.98. The molecule has 1 aliphatic rings. The lowest BCUT2D eigenvalue weighted by molar-refractivity contribution is 0.201. The molecule has 0 aromatic carbocycles. The first-order chi connectivity index (χ1) is 5.27. The van der Waals surface area contributed by atoms with Crippen LogP contribution in [0.25, 0.3) is 0 Å². The second kappa shape index (κ2) is 7.61. The smallest absolute Gasteiger partial charge is 0.0273 e. The lowest BCUT2D eigenvalue weighted by Gasteiger charge is -2.05. The molecule has 0 bridgehead atoms. The Bertz CT molecular complexity index is 86.2. The van der Waals surface area contributed by atoms with Crippen molar-refractivity contribution in [2.45, 2.75) is 45.4 Å². The standard InChI is InChI=1S/C6H12.C3H7NO/c1-2-4-6-5-3-1;1-3(2)4-5/h1-6H2;4-5H,1H2,2H3. The SMILES string of the molecule is C1CCCCC1.C=C(C)NO. The molecule has 1 aliphatic carbocycles. The zero-order chi connectivity index (χ0) is 8.53. The third-order valence-corrected chi connectivity index (χ3v) is 1.69. The quantitative estimate of drug-likeness (QED) is 0.574. The number of nitrogens with one attached hydrogen (secondary N) is 1. The molecule has 11 heavy (non-hydrogen) atoms. The highest BCUT2D eigenvalue weighted by Crippen LogP contribution is 2.15. The van der Waals surface area contributed by atoms with E-state index in [9.17, 15) is 0 Å². The maximum absolute atomic E-state index is 7.79. The predicted molar refractivity (Wildman–Crippen MR) is 47.4 cm³/mol. The van der Waals surface area contributed by atoms with Crippen LogP contribution in [-0.2, 0) is 0 Å². The first kappa shape index (κ1) is 10.5. The molecule has 1 saturated carbocycles. The molecular formula is C9H19NO. The predicted octanol–water partition coefficient (Wildman–Crippen LogP) is 2.84. The Morgan fingerprint density at radius 3 is 1.36 bits per heavy atom. The average molecular weight is 157 g/mol. The summed E-state index contributed by atoms with van der Waals surface area (Å²) in [5, 5.41) is 7.79. The third-order valence-electron chi connectivity index (χ3n) is 1.69. The molecule has 0 aromatic rings. The van der Waals surface area contributed by atoms with Gasteiger partial charge in [0.05, 0.1) is 0 Å². The summed E-state index contributed by atoms with van der Waals surface area (Å²) in [6, 6.07) is 0. The maximum Gasteiger partial charge on any atom is 0.0273 e. The highest BCUT2D eigenvalue weighted by atomic mass is 16.5. The molecule has 0 heterocycles. The molecule has 0 amide bonds. The van der Waals surface area contributed by atoms with Crippen molar-refractivity contribution in [3.8, 4) is 0 Å². The van der Waals surface area contributed by atoms with Crippen molar-refractivity contribution in [3.63, 3.8) is 0 Å². The van der Waals surface area contributed by atoms with Crippen LogP contribution in [0.15, 0.2) is 12.3 Å². The van der Waals surface area contributed by atoms with Crippen molar-refractivity contribution in [1.82, 2.24) is 5.48 Å². The molecule has 2 heteroatoms. The fourth-order valence-electron chi connectivity index (χ4n) is 1.06. The van der Waals surface area contributed by atoms with Gasteiger partial charge in [-0.05, 0) is 6.92 Å². The molecular weight excluding hydrogens is 138 g/mol. The fraction of sp³-hybridized carbons (Fsp3) is 0.778. The van der Waals surface area contributed by atoms with Gasteiger partial charge in [-0.2, -0.15) is 0 Å². The van der Waals surface area contributed by atoms with Crippen molar-refractivity contribution in [1.29, 1.82) is 0 Å². The van der Waals surface area contributed by atoms with Gasteiger partial charge in [0.15, 0.2) is 0 Å². The second-order valence-corrected chi connectivity index (χ2v) is 3.01. The van der Waals surface area contributed by atoms with E-state index in [0.29, 0.717) is 5.70 Å². The van der Waals surface area contributed by atoms with E-state index >= 15 is 0 Å². The summed E-state index contributed by atoms with van der Waals surface area (Å²) in [6.07, 6.45) is 9.00. The van der Waals surface area contributed by atoms with Crippen LogP contribution in [0.2, 0.25) is 0 Å². The Hall–Kier alpha value is -0.500. The van der Waals surface area contributed by atoms with Gasteiger partial charge >= 0.3 is 0 Å². The van der Waals surface area contributed by atoms with Gasteiger partial charge in [0.1, 0.15) is 0 Å². The molecule has 0 aromatic heterocycles. The van der Waals surface area contributed by atoms with E-state index in [-0.39, 0.29) is 0 Å². The van der Waals surface area contributed by atoms with Gasteiger partial charge in [-0.3, -0.25) is 10.7 Å². The first-order valence-corrected chi connectivity index (χ1v) is 4.33. The zero-order valence-corrected chi connectivity index (χ0v) is 7.40. The van der Waals surface area contributed by atoms with Crippen LogP contribution in [0.4, 0.5) is 0 Å². The zero-order valence-electron chi connectivity index (χ0n) is 7.40. The van der Waals surface area contributed by atoms with E-state index < -0.39 is 0 Å². The van der Waals surface area contributed by atoms with Crippen LogP contribution < -0.4 is 5.48 Å². The molecule has 1 fully saturated rings. The number of hydrogen-bond acceptors (Lipinski definition) is 2. The summed E-state index contributed by atoms with van der Waals surface area (Å²) in [5.74, 6) is 0. The summed E-state index contributed by atoms with van der Waals surface area (Å²) in [5.41, 5.74) is 2.39. The largest absolute Gasteiger partial charge is 0.291 e. The minimum absolute atomic E-state index is 0.560. The molecule has 1 rings (SSSR count). The van der Waals surface area contributed by atoms with Crippen LogP contribution in [0.5, 0.6) is 0 Å². The summed E-state index contributed by atoms with van der Waals surface area (Å²) < 4.78 is 0. The second-order valence-electron chi connectivity index (χ2n) is 3.01. The molecule has 0 unspecified atom stereocenters. The lowest BCUT2D eigenvalue weighted by atomic mass is 10.0. The average Bonchev–Trinajstić information content (AvgIpc) is 2.09. The molecule has 2 N–H and O–H groups in total. The maximum atomic E-state index is 7.79. The number of rotatable bonds is 1. The van der Waals surface area contributed by atoms with E-state index in [0.717, 1.165) is 0 Å². The van der Waals surface area contributed by atoms with E-state index in [4.69, 9.17) is 5.21 Å². The molecule has 0 aliphatic heterocycles. The summed E-state index contributed by atoms with van der Waals surface area (Å²) in [4.78, 5) is 0. The minimum Gasteiger partial charge on any atom is -0.291 e. The Balaban J connectivity index is 0.000000187. The van der Waals surface area contributed by atoms with Crippen molar-refractivity contribution < 1.29 is 5.21 Å². The van der Waals surface area contributed by atoms with Crippen molar-refractivity contribution in [2.24, 2.45) is 0 Å². The summed E-state index contributed by atoms with van der Waals surface area (Å²) in [7, 11) is 0. The molecule has 0 spiro atoms. The normalized spacial score (nSPS) is 16.2. The molecule has 0 radical (unpaired) electrons. The van der Waals surface area contributed by atoms with Gasteiger partial charge in [-0.15, -0.1) is 0 Å². The van der Waals surface area contributed by atoms with Crippen LogP contribution in [-0.4, -0.2) is 5.21 Å².